The number of non-ortho nitro benzene ring substituents is 1. The molecule has 1 aromatic heterocycles. The van der Waals surface area contributed by atoms with Crippen LogP contribution >= 0.6 is 28.1 Å². The highest BCUT2D eigenvalue weighted by Crippen LogP contribution is 2.31. The second-order valence-corrected chi connectivity index (χ2v) is 7.85. The van der Waals surface area contributed by atoms with Gasteiger partial charge in [-0.25, -0.2) is 4.98 Å². The second kappa shape index (κ2) is 8.73. The number of nitro groups is 1. The van der Waals surface area contributed by atoms with Crippen molar-refractivity contribution in [2.24, 2.45) is 0 Å². The number of phenols is 1. The van der Waals surface area contributed by atoms with Gasteiger partial charge in [-0.2, -0.15) is 0 Å². The Balaban J connectivity index is 1.48. The van der Waals surface area contributed by atoms with E-state index in [9.17, 15) is 20.0 Å². The van der Waals surface area contributed by atoms with Crippen molar-refractivity contribution in [3.63, 3.8) is 0 Å². The number of carbonyl (C=O) groups excluding carboxylic acids is 1. The lowest BCUT2D eigenvalue weighted by Gasteiger charge is -2.09. The van der Waals surface area contributed by atoms with Crippen LogP contribution < -0.4 is 10.6 Å². The maximum absolute atomic E-state index is 12.3. The molecule has 0 aliphatic carbocycles. The number of nitrogens with zero attached hydrogens (tertiary/aromatic N) is 2. The van der Waals surface area contributed by atoms with E-state index in [1.54, 1.807) is 30.3 Å². The molecule has 0 saturated carbocycles. The molecule has 4 rings (SSSR count). The second-order valence-electron chi connectivity index (χ2n) is 6.58. The number of aromatic hydroxyl groups is 1. The third-order valence-corrected chi connectivity index (χ3v) is 5.23. The lowest BCUT2D eigenvalue weighted by Crippen LogP contribution is -2.34. The summed E-state index contributed by atoms with van der Waals surface area (Å²) < 4.78 is 6.28. The molecule has 3 N–H and O–H groups in total. The van der Waals surface area contributed by atoms with E-state index >= 15 is 0 Å². The van der Waals surface area contributed by atoms with Crippen LogP contribution in [0.25, 0.3) is 22.6 Å². The van der Waals surface area contributed by atoms with Gasteiger partial charge in [0.1, 0.15) is 11.3 Å². The van der Waals surface area contributed by atoms with Crippen LogP contribution in [0.3, 0.4) is 0 Å². The van der Waals surface area contributed by atoms with Crippen LogP contribution in [-0.4, -0.2) is 26.0 Å². The normalized spacial score (nSPS) is 10.7. The molecule has 0 spiro atoms. The Kier molecular flexibility index (Phi) is 5.84. The maximum Gasteiger partial charge on any atom is 0.270 e. The number of thiocarbonyl (C=S) groups is 1. The van der Waals surface area contributed by atoms with Crippen LogP contribution in [0.15, 0.2) is 69.6 Å². The molecule has 0 saturated heterocycles. The van der Waals surface area contributed by atoms with Gasteiger partial charge in [0.15, 0.2) is 10.7 Å². The zero-order valence-corrected chi connectivity index (χ0v) is 18.4. The average Bonchev–Trinajstić information content (AvgIpc) is 3.19. The summed E-state index contributed by atoms with van der Waals surface area (Å²) >= 11 is 8.44. The van der Waals surface area contributed by atoms with Crippen molar-refractivity contribution >= 4 is 61.6 Å². The smallest absolute Gasteiger partial charge is 0.270 e. The van der Waals surface area contributed by atoms with Gasteiger partial charge in [-0.15, -0.1) is 0 Å². The van der Waals surface area contributed by atoms with Gasteiger partial charge in [0.05, 0.1) is 9.40 Å². The molecule has 32 heavy (non-hydrogen) atoms. The average molecular weight is 513 g/mol. The summed E-state index contributed by atoms with van der Waals surface area (Å²) in [5.41, 5.74) is 2.27. The Labute approximate surface area is 194 Å². The van der Waals surface area contributed by atoms with Gasteiger partial charge < -0.3 is 14.8 Å². The molecule has 0 bridgehead atoms. The number of anilines is 1. The fourth-order valence-electron chi connectivity index (χ4n) is 2.87. The number of aromatic nitrogens is 1. The van der Waals surface area contributed by atoms with E-state index in [0.717, 1.165) is 0 Å². The molecule has 0 unspecified atom stereocenters. The van der Waals surface area contributed by atoms with Crippen molar-refractivity contribution in [3.8, 4) is 17.2 Å². The highest BCUT2D eigenvalue weighted by molar-refractivity contribution is 9.10. The molecule has 0 atom stereocenters. The van der Waals surface area contributed by atoms with Gasteiger partial charge in [-0.3, -0.25) is 20.2 Å². The van der Waals surface area contributed by atoms with E-state index in [0.29, 0.717) is 32.7 Å². The van der Waals surface area contributed by atoms with Gasteiger partial charge in [-0.1, -0.05) is 6.07 Å². The lowest BCUT2D eigenvalue weighted by molar-refractivity contribution is -0.384. The molecule has 0 fully saturated rings. The van der Waals surface area contributed by atoms with Crippen molar-refractivity contribution in [3.05, 3.63) is 80.8 Å². The molecule has 3 aromatic carbocycles. The number of hydrogen-bond acceptors (Lipinski definition) is 7. The largest absolute Gasteiger partial charge is 0.507 e. The van der Waals surface area contributed by atoms with Gasteiger partial charge in [0.2, 0.25) is 5.89 Å². The third-order valence-electron chi connectivity index (χ3n) is 4.39. The minimum atomic E-state index is -0.578. The number of phenolic OH excluding ortho intramolecular Hbond substituents is 1. The number of hydrogen-bond donors (Lipinski definition) is 3. The summed E-state index contributed by atoms with van der Waals surface area (Å²) in [5.74, 6) is -0.0923. The first kappa shape index (κ1) is 21.4. The van der Waals surface area contributed by atoms with Gasteiger partial charge in [-0.05, 0) is 70.6 Å². The topological polar surface area (TPSA) is 131 Å². The van der Waals surface area contributed by atoms with E-state index < -0.39 is 10.8 Å². The molecule has 0 aliphatic heterocycles. The van der Waals surface area contributed by atoms with E-state index in [-0.39, 0.29) is 22.1 Å². The van der Waals surface area contributed by atoms with Gasteiger partial charge >= 0.3 is 0 Å². The van der Waals surface area contributed by atoms with Crippen LogP contribution in [0.1, 0.15) is 10.4 Å². The van der Waals surface area contributed by atoms with E-state index in [4.69, 9.17) is 16.6 Å². The quantitative estimate of drug-likeness (QED) is 0.198. The molecule has 11 heteroatoms. The summed E-state index contributed by atoms with van der Waals surface area (Å²) in [7, 11) is 0. The van der Waals surface area contributed by atoms with Crippen LogP contribution in [0.4, 0.5) is 11.4 Å². The van der Waals surface area contributed by atoms with Gasteiger partial charge in [0.25, 0.3) is 11.6 Å². The number of nitrogens with one attached hydrogen (secondary N) is 2. The molecular weight excluding hydrogens is 500 g/mol. The SMILES string of the molecule is O=C(NC(=S)Nc1ccc2oc(-c3ccc(O)c(Br)c3)nc2c1)c1cccc([N+](=O)[O-])c1. The summed E-state index contributed by atoms with van der Waals surface area (Å²) in [5, 5.41) is 25.9. The predicted octanol–water partition coefficient (Wildman–Crippen LogP) is 5.00. The number of carbonyl (C=O) groups is 1. The fourth-order valence-corrected chi connectivity index (χ4v) is 3.46. The monoisotopic (exact) mass is 512 g/mol. The van der Waals surface area contributed by atoms with Crippen molar-refractivity contribution in [2.75, 3.05) is 5.32 Å². The molecule has 9 nitrogen and oxygen atoms in total. The molecule has 4 aromatic rings. The zero-order chi connectivity index (χ0) is 22.8. The Bertz CT molecular complexity index is 1390. The summed E-state index contributed by atoms with van der Waals surface area (Å²) in [6.45, 7) is 0. The molecule has 1 heterocycles. The van der Waals surface area contributed by atoms with Gasteiger partial charge in [0, 0.05) is 28.9 Å². The predicted molar refractivity (Wildman–Crippen MR) is 126 cm³/mol. The molecular formula is C21H13BrN4O5S. The Morgan fingerprint density at radius 3 is 2.72 bits per heavy atom. The maximum atomic E-state index is 12.3. The third kappa shape index (κ3) is 4.58. The number of fused-ring (bicyclic) bond motifs is 1. The molecule has 1 amide bonds. The number of amides is 1. The number of oxazole rings is 1. The van der Waals surface area contributed by atoms with Crippen LogP contribution in [-0.2, 0) is 0 Å². The van der Waals surface area contributed by atoms with Crippen LogP contribution in [0, 0.1) is 10.1 Å². The highest BCUT2D eigenvalue weighted by atomic mass is 79.9. The first-order chi connectivity index (χ1) is 15.3. The van der Waals surface area contributed by atoms with Crippen molar-refractivity contribution in [2.45, 2.75) is 0 Å². The van der Waals surface area contributed by atoms with Crippen LogP contribution in [0.2, 0.25) is 0 Å². The molecule has 0 aliphatic rings. The number of nitro benzene ring substituents is 1. The molecule has 0 radical (unpaired) electrons. The van der Waals surface area contributed by atoms with Crippen molar-refractivity contribution in [1.29, 1.82) is 0 Å². The first-order valence-electron chi connectivity index (χ1n) is 9.06. The summed E-state index contributed by atoms with van der Waals surface area (Å²) in [6.07, 6.45) is 0. The van der Waals surface area contributed by atoms with E-state index in [1.165, 1.54) is 30.3 Å². The highest BCUT2D eigenvalue weighted by Gasteiger charge is 2.14. The summed E-state index contributed by atoms with van der Waals surface area (Å²) in [4.78, 5) is 27.1. The van der Waals surface area contributed by atoms with Crippen molar-refractivity contribution < 1.29 is 19.2 Å². The molecule has 160 valence electrons. The number of halogens is 1. The zero-order valence-electron chi connectivity index (χ0n) is 16.0. The van der Waals surface area contributed by atoms with E-state index in [2.05, 4.69) is 31.5 Å². The van der Waals surface area contributed by atoms with Crippen molar-refractivity contribution in [1.82, 2.24) is 10.3 Å². The number of benzene rings is 3. The minimum absolute atomic E-state index is 0.0204. The first-order valence-corrected chi connectivity index (χ1v) is 10.3. The van der Waals surface area contributed by atoms with E-state index in [1.807, 2.05) is 0 Å². The van der Waals surface area contributed by atoms with Crippen LogP contribution in [0.5, 0.6) is 5.75 Å². The number of rotatable bonds is 4. The minimum Gasteiger partial charge on any atom is -0.507 e. The standard InChI is InChI=1S/C21H13BrN4O5S/c22-15-9-12(4-6-17(15)27)20-24-16-10-13(5-7-18(16)31-20)23-21(32)25-19(28)11-2-1-3-14(8-11)26(29)30/h1-10,27H,(H2,23,25,28,32). The lowest BCUT2D eigenvalue weighted by atomic mass is 10.2. The fraction of sp³-hybridized carbons (Fsp3) is 0. The Morgan fingerprint density at radius 1 is 1.16 bits per heavy atom. The Hall–Kier alpha value is -3.83. The summed E-state index contributed by atoms with van der Waals surface area (Å²) in [6, 6.07) is 15.4. The Morgan fingerprint density at radius 2 is 1.97 bits per heavy atom.